The number of nitrogens with zero attached hydrogens (tertiary/aromatic N) is 2. The summed E-state index contributed by atoms with van der Waals surface area (Å²) in [7, 11) is 0. The fourth-order valence-corrected chi connectivity index (χ4v) is 9.85. The molecule has 2 heteroatoms. The maximum atomic E-state index is 2.47. The minimum Gasteiger partial charge on any atom is -0.310 e. The predicted octanol–water partition coefficient (Wildman–Crippen LogP) is 17.7. The first-order chi connectivity index (χ1) is 32.7. The highest BCUT2D eigenvalue weighted by Gasteiger charge is 2.21. The van der Waals surface area contributed by atoms with Crippen LogP contribution in [0, 0.1) is 0 Å². The second kappa shape index (κ2) is 16.8. The van der Waals surface area contributed by atoms with Crippen LogP contribution >= 0.6 is 0 Å². The van der Waals surface area contributed by atoms with Gasteiger partial charge in [0.15, 0.2) is 0 Å². The van der Waals surface area contributed by atoms with Gasteiger partial charge in [0.2, 0.25) is 0 Å². The van der Waals surface area contributed by atoms with E-state index in [9.17, 15) is 0 Å². The molecule has 0 aliphatic carbocycles. The third-order valence-electron chi connectivity index (χ3n) is 13.0. The molecule has 12 aromatic rings. The topological polar surface area (TPSA) is 8.17 Å². The minimum atomic E-state index is 1.07. The van der Waals surface area contributed by atoms with Crippen LogP contribution in [0.2, 0.25) is 0 Å². The Hall–Kier alpha value is -8.72. The molecule has 0 saturated heterocycles. The van der Waals surface area contributed by atoms with E-state index >= 15 is 0 Å². The molecule has 0 N–H and O–H groups in total. The molecule has 0 radical (unpaired) electrons. The first kappa shape index (κ1) is 38.9. The molecule has 2 nitrogen and oxygen atoms in total. The summed E-state index contributed by atoms with van der Waals surface area (Å²) >= 11 is 0. The van der Waals surface area contributed by atoms with Crippen LogP contribution in [0.15, 0.2) is 267 Å². The molecule has 310 valence electrons. The van der Waals surface area contributed by atoms with E-state index in [4.69, 9.17) is 0 Å². The van der Waals surface area contributed by atoms with Crippen LogP contribution in [0.3, 0.4) is 0 Å². The van der Waals surface area contributed by atoms with E-state index in [2.05, 4.69) is 276 Å². The minimum absolute atomic E-state index is 1.07. The van der Waals surface area contributed by atoms with E-state index in [0.717, 1.165) is 39.4 Å². The Morgan fingerprint density at radius 3 is 1.39 bits per heavy atom. The molecule has 1 aromatic heterocycles. The number of rotatable bonds is 9. The Balaban J connectivity index is 1.03. The Bertz CT molecular complexity index is 3660. The molecule has 0 saturated carbocycles. The summed E-state index contributed by atoms with van der Waals surface area (Å²) in [5, 5.41) is 4.97. The summed E-state index contributed by atoms with van der Waals surface area (Å²) in [5.41, 5.74) is 18.6. The third-order valence-corrected chi connectivity index (χ3v) is 13.0. The summed E-state index contributed by atoms with van der Waals surface area (Å²) in [6, 6.07) is 96.9. The van der Waals surface area contributed by atoms with Crippen molar-refractivity contribution in [2.24, 2.45) is 0 Å². The van der Waals surface area contributed by atoms with Crippen LogP contribution in [-0.4, -0.2) is 4.57 Å². The van der Waals surface area contributed by atoms with Crippen molar-refractivity contribution >= 4 is 49.6 Å². The number of anilines is 3. The van der Waals surface area contributed by atoms with Crippen molar-refractivity contribution in [1.29, 1.82) is 0 Å². The van der Waals surface area contributed by atoms with Gasteiger partial charge in [-0.15, -0.1) is 0 Å². The van der Waals surface area contributed by atoms with Crippen molar-refractivity contribution in [1.82, 2.24) is 4.57 Å². The van der Waals surface area contributed by atoms with Crippen LogP contribution in [0.4, 0.5) is 17.1 Å². The Labute approximate surface area is 385 Å². The third kappa shape index (κ3) is 7.02. The van der Waals surface area contributed by atoms with Gasteiger partial charge < -0.3 is 9.47 Å². The lowest BCUT2D eigenvalue weighted by atomic mass is 9.93. The molecule has 12 rings (SSSR count). The molecular weight excluding hydrogens is 797 g/mol. The SMILES string of the molecule is c1ccc(-c2ccc(N(c3ccc(-c4cc(-c5ccccc5)cc(-n5c6ccccc6c6ccc7ccccc7c65)c4)cc3)c3ccccc3-c3ccccc3-c3ccccc3)cc2)cc1. The summed E-state index contributed by atoms with van der Waals surface area (Å²) in [4.78, 5) is 2.41. The van der Waals surface area contributed by atoms with Gasteiger partial charge in [-0.2, -0.15) is 0 Å². The molecule has 0 aliphatic heterocycles. The van der Waals surface area contributed by atoms with Crippen LogP contribution < -0.4 is 4.90 Å². The Morgan fingerprint density at radius 1 is 0.273 bits per heavy atom. The van der Waals surface area contributed by atoms with E-state index in [-0.39, 0.29) is 0 Å². The molecule has 0 spiro atoms. The number of aromatic nitrogens is 1. The molecule has 0 bridgehead atoms. The molecule has 0 fully saturated rings. The fraction of sp³-hybridized carbons (Fsp3) is 0. The van der Waals surface area contributed by atoms with E-state index in [1.54, 1.807) is 0 Å². The van der Waals surface area contributed by atoms with Crippen molar-refractivity contribution in [2.75, 3.05) is 4.90 Å². The molecule has 66 heavy (non-hydrogen) atoms. The molecule has 11 aromatic carbocycles. The molecule has 0 unspecified atom stereocenters. The zero-order chi connectivity index (χ0) is 43.8. The van der Waals surface area contributed by atoms with Gasteiger partial charge in [-0.3, -0.25) is 0 Å². The van der Waals surface area contributed by atoms with Crippen LogP contribution in [0.25, 0.3) is 93.9 Å². The van der Waals surface area contributed by atoms with Crippen molar-refractivity contribution in [3.63, 3.8) is 0 Å². The monoisotopic (exact) mass is 840 g/mol. The maximum absolute atomic E-state index is 2.47. The lowest BCUT2D eigenvalue weighted by molar-refractivity contribution is 1.19. The number of hydrogen-bond donors (Lipinski definition) is 0. The highest BCUT2D eigenvalue weighted by Crippen LogP contribution is 2.45. The van der Waals surface area contributed by atoms with E-state index in [0.29, 0.717) is 0 Å². The van der Waals surface area contributed by atoms with Crippen LogP contribution in [0.5, 0.6) is 0 Å². The molecule has 0 amide bonds. The van der Waals surface area contributed by atoms with Crippen molar-refractivity contribution in [3.05, 3.63) is 267 Å². The largest absolute Gasteiger partial charge is 0.310 e. The number of benzene rings is 11. The summed E-state index contributed by atoms with van der Waals surface area (Å²) in [6.45, 7) is 0. The van der Waals surface area contributed by atoms with Gasteiger partial charge >= 0.3 is 0 Å². The van der Waals surface area contributed by atoms with Gasteiger partial charge in [-0.25, -0.2) is 0 Å². The van der Waals surface area contributed by atoms with Gasteiger partial charge in [0, 0.05) is 38.8 Å². The summed E-state index contributed by atoms with van der Waals surface area (Å²) in [6.07, 6.45) is 0. The normalized spacial score (nSPS) is 11.3. The number of para-hydroxylation sites is 2. The van der Waals surface area contributed by atoms with Gasteiger partial charge in [0.1, 0.15) is 0 Å². The van der Waals surface area contributed by atoms with Crippen molar-refractivity contribution in [2.45, 2.75) is 0 Å². The first-order valence-electron chi connectivity index (χ1n) is 22.7. The van der Waals surface area contributed by atoms with Gasteiger partial charge in [0.05, 0.1) is 16.7 Å². The smallest absolute Gasteiger partial charge is 0.0619 e. The second-order valence-electron chi connectivity index (χ2n) is 16.9. The first-order valence-corrected chi connectivity index (χ1v) is 22.7. The lowest BCUT2D eigenvalue weighted by Gasteiger charge is -2.29. The van der Waals surface area contributed by atoms with Gasteiger partial charge in [-0.05, 0) is 110 Å². The van der Waals surface area contributed by atoms with Crippen LogP contribution in [0.1, 0.15) is 0 Å². The standard InChI is InChI=1S/C64H44N2/c1-4-18-45(19-5-1)47-32-37-53(38-33-47)65(62-30-16-14-28-59(62)58-27-13-12-25-56(58)49-22-8-3-9-23-49)54-39-34-48(35-40-54)52-42-51(46-20-6-2-7-21-46)43-55(44-52)66-63-31-17-15-29-60(63)61-41-36-50-24-10-11-26-57(50)64(61)66/h1-44H. The summed E-state index contributed by atoms with van der Waals surface area (Å²) < 4.78 is 2.47. The van der Waals surface area contributed by atoms with Gasteiger partial charge in [0.25, 0.3) is 0 Å². The average molecular weight is 841 g/mol. The molecule has 1 heterocycles. The quantitative estimate of drug-likeness (QED) is 0.141. The number of hydrogen-bond acceptors (Lipinski definition) is 1. The maximum Gasteiger partial charge on any atom is 0.0619 e. The fourth-order valence-electron chi connectivity index (χ4n) is 9.85. The van der Waals surface area contributed by atoms with Crippen molar-refractivity contribution in [3.8, 4) is 61.3 Å². The highest BCUT2D eigenvalue weighted by atomic mass is 15.1. The van der Waals surface area contributed by atoms with Crippen LogP contribution in [-0.2, 0) is 0 Å². The van der Waals surface area contributed by atoms with Gasteiger partial charge in [-0.1, -0.05) is 212 Å². The molecule has 0 aliphatic rings. The second-order valence-corrected chi connectivity index (χ2v) is 16.9. The average Bonchev–Trinajstić information content (AvgIpc) is 3.75. The van der Waals surface area contributed by atoms with E-state index < -0.39 is 0 Å². The van der Waals surface area contributed by atoms with E-state index in [1.807, 2.05) is 0 Å². The number of fused-ring (bicyclic) bond motifs is 5. The zero-order valence-electron chi connectivity index (χ0n) is 36.3. The zero-order valence-corrected chi connectivity index (χ0v) is 36.3. The predicted molar refractivity (Wildman–Crippen MR) is 280 cm³/mol. The Kier molecular flexibility index (Phi) is 9.89. The Morgan fingerprint density at radius 2 is 0.742 bits per heavy atom. The van der Waals surface area contributed by atoms with E-state index in [1.165, 1.54) is 71.5 Å². The highest BCUT2D eigenvalue weighted by molar-refractivity contribution is 6.18. The molecule has 0 atom stereocenters. The van der Waals surface area contributed by atoms with Crippen molar-refractivity contribution < 1.29 is 0 Å². The lowest BCUT2D eigenvalue weighted by Crippen LogP contribution is -2.11. The summed E-state index contributed by atoms with van der Waals surface area (Å²) in [5.74, 6) is 0. The molecular formula is C64H44N2.